The van der Waals surface area contributed by atoms with Crippen LogP contribution in [0.15, 0.2) is 58.3 Å². The van der Waals surface area contributed by atoms with Gasteiger partial charge >= 0.3 is 16.3 Å². The summed E-state index contributed by atoms with van der Waals surface area (Å²) >= 11 is 0. The van der Waals surface area contributed by atoms with Crippen molar-refractivity contribution in [2.24, 2.45) is 0 Å². The summed E-state index contributed by atoms with van der Waals surface area (Å²) in [6, 6.07) is 8.24. The predicted molar refractivity (Wildman–Crippen MR) is 101 cm³/mol. The Balaban J connectivity index is 2.33. The van der Waals surface area contributed by atoms with Gasteiger partial charge in [-0.25, -0.2) is 26.4 Å². The van der Waals surface area contributed by atoms with Crippen LogP contribution in [-0.4, -0.2) is 37.9 Å². The third kappa shape index (κ3) is 5.66. The van der Waals surface area contributed by atoms with Crippen LogP contribution in [-0.2, 0) is 39.0 Å². The first-order valence-corrected chi connectivity index (χ1v) is 11.1. The number of sulfone groups is 2. The van der Waals surface area contributed by atoms with Crippen LogP contribution in [0.1, 0.15) is 13.8 Å². The van der Waals surface area contributed by atoms with Gasteiger partial charge in [-0.3, -0.25) is 19.6 Å². The molecule has 0 saturated heterocycles. The van der Waals surface area contributed by atoms with Crippen LogP contribution in [0.25, 0.3) is 5.53 Å². The summed E-state index contributed by atoms with van der Waals surface area (Å²) in [4.78, 5) is 40.7. The fourth-order valence-electron chi connectivity index (χ4n) is 2.02. The number of benzene rings is 2. The van der Waals surface area contributed by atoms with Crippen LogP contribution in [0.4, 0.5) is 0 Å². The molecule has 0 aliphatic heterocycles. The summed E-state index contributed by atoms with van der Waals surface area (Å²) in [6.45, 7) is 2.17. The van der Waals surface area contributed by atoms with Gasteiger partial charge in [0.25, 0.3) is 19.7 Å². The van der Waals surface area contributed by atoms with Gasteiger partial charge in [-0.15, -0.1) is 4.79 Å². The second-order valence-electron chi connectivity index (χ2n) is 5.63. The molecule has 12 nitrogen and oxygen atoms in total. The van der Waals surface area contributed by atoms with Gasteiger partial charge in [0.1, 0.15) is 0 Å². The van der Waals surface area contributed by atoms with Crippen LogP contribution in [0, 0.1) is 0 Å². The van der Waals surface area contributed by atoms with E-state index >= 15 is 0 Å². The van der Waals surface area contributed by atoms with Crippen LogP contribution >= 0.6 is 0 Å². The van der Waals surface area contributed by atoms with Crippen molar-refractivity contribution in [3.05, 3.63) is 54.1 Å². The van der Waals surface area contributed by atoms with E-state index in [0.29, 0.717) is 0 Å². The van der Waals surface area contributed by atoms with E-state index < -0.39 is 45.8 Å². The zero-order valence-electron chi connectivity index (χ0n) is 15.9. The van der Waals surface area contributed by atoms with Crippen molar-refractivity contribution >= 4 is 36.0 Å². The van der Waals surface area contributed by atoms with Gasteiger partial charge in [-0.05, 0) is 48.5 Å². The highest BCUT2D eigenvalue weighted by Gasteiger charge is 2.44. The van der Waals surface area contributed by atoms with Crippen molar-refractivity contribution in [1.82, 2.24) is 0 Å². The molecule has 0 aliphatic rings. The van der Waals surface area contributed by atoms with E-state index in [0.717, 1.165) is 62.4 Å². The molecule has 164 valence electrons. The molecule has 0 N–H and O–H groups in total. The van der Waals surface area contributed by atoms with E-state index in [4.69, 9.17) is 0 Å². The van der Waals surface area contributed by atoms with E-state index in [1.54, 1.807) is 0 Å². The first-order valence-electron chi connectivity index (χ1n) is 8.11. The van der Waals surface area contributed by atoms with Crippen molar-refractivity contribution in [3.63, 3.8) is 0 Å². The highest BCUT2D eigenvalue weighted by molar-refractivity contribution is 8.31. The minimum Gasteiger partial charge on any atom is -0.359 e. The molecule has 0 unspecified atom stereocenters. The summed E-state index contributed by atoms with van der Waals surface area (Å²) in [5.74, 6) is -1.57. The van der Waals surface area contributed by atoms with Crippen molar-refractivity contribution in [2.75, 3.05) is 0 Å². The predicted octanol–water partition coefficient (Wildman–Crippen LogP) is 1.23. The largest absolute Gasteiger partial charge is 0.504 e. The van der Waals surface area contributed by atoms with Gasteiger partial charge in [0.2, 0.25) is 0 Å². The Hall–Kier alpha value is -3.74. The van der Waals surface area contributed by atoms with E-state index in [1.165, 1.54) is 0 Å². The molecule has 14 heteroatoms. The van der Waals surface area contributed by atoms with Gasteiger partial charge in [0, 0.05) is 13.8 Å². The number of carbonyl (C=O) groups excluding carboxylic acids is 2. The molecule has 0 aromatic heterocycles. The van der Waals surface area contributed by atoms with Crippen molar-refractivity contribution in [2.45, 2.75) is 23.6 Å². The molecule has 0 heterocycles. The van der Waals surface area contributed by atoms with Crippen LogP contribution in [0.5, 0.6) is 11.5 Å². The molecule has 0 aliphatic carbocycles. The fourth-order valence-corrected chi connectivity index (χ4v) is 5.36. The lowest BCUT2D eigenvalue weighted by Crippen LogP contribution is -2.26. The van der Waals surface area contributed by atoms with Crippen LogP contribution in [0.3, 0.4) is 0 Å². The minimum absolute atomic E-state index is 0.0390. The molecule has 0 saturated carbocycles. The van der Waals surface area contributed by atoms with Gasteiger partial charge < -0.3 is 5.53 Å². The zero-order valence-corrected chi connectivity index (χ0v) is 17.5. The van der Waals surface area contributed by atoms with E-state index in [2.05, 4.69) is 24.3 Å². The van der Waals surface area contributed by atoms with E-state index in [9.17, 15) is 32.0 Å². The Labute approximate surface area is 176 Å². The Morgan fingerprint density at radius 1 is 0.710 bits per heavy atom. The second-order valence-corrected chi connectivity index (χ2v) is 9.62. The summed E-state index contributed by atoms with van der Waals surface area (Å²) in [6.07, 6.45) is 0. The van der Waals surface area contributed by atoms with E-state index in [-0.39, 0.29) is 11.5 Å². The van der Waals surface area contributed by atoms with Crippen molar-refractivity contribution < 1.29 is 50.8 Å². The first-order chi connectivity index (χ1) is 14.5. The molecule has 0 radical (unpaired) electrons. The smallest absolute Gasteiger partial charge is 0.359 e. The lowest BCUT2D eigenvalue weighted by atomic mass is 10.3. The molecule has 0 fully saturated rings. The highest BCUT2D eigenvalue weighted by Crippen LogP contribution is 2.24. The summed E-state index contributed by atoms with van der Waals surface area (Å²) < 4.78 is 49.4. The standard InChI is InChI=1S/C17H14N2O10S2/c1-11(20)26-28-13-3-7-15(8-4-13)30(22,23)17(19-18)31(24,25)16-9-5-14(6-10-16)29-27-12(2)21/h3-10H,1-2H3. The quantitative estimate of drug-likeness (QED) is 0.149. The maximum atomic E-state index is 12.7. The molecular weight excluding hydrogens is 456 g/mol. The Morgan fingerprint density at radius 3 is 1.29 bits per heavy atom. The number of rotatable bonds is 6. The summed E-state index contributed by atoms with van der Waals surface area (Å²) in [5.41, 5.74) is 9.18. The Kier molecular flexibility index (Phi) is 7.12. The van der Waals surface area contributed by atoms with Gasteiger partial charge in [-0.1, -0.05) is 0 Å². The topological polar surface area (TPSA) is 176 Å². The average molecular weight is 470 g/mol. The zero-order chi connectivity index (χ0) is 23.2. The lowest BCUT2D eigenvalue weighted by Gasteiger charge is -2.05. The van der Waals surface area contributed by atoms with Crippen LogP contribution < -0.4 is 9.78 Å². The van der Waals surface area contributed by atoms with Crippen LogP contribution in [0.2, 0.25) is 0 Å². The normalized spacial score (nSPS) is 11.0. The summed E-state index contributed by atoms with van der Waals surface area (Å²) in [5, 5.41) is 0. The fraction of sp³-hybridized carbons (Fsp3) is 0.118. The molecule has 2 aromatic carbocycles. The average Bonchev–Trinajstić information content (AvgIpc) is 2.71. The third-order valence-corrected chi connectivity index (χ3v) is 7.50. The molecule has 0 atom stereocenters. The molecule has 0 bridgehead atoms. The van der Waals surface area contributed by atoms with Gasteiger partial charge in [0.15, 0.2) is 11.5 Å². The lowest BCUT2D eigenvalue weighted by molar-refractivity contribution is -0.211. The molecule has 2 rings (SSSR count). The molecule has 2 aromatic rings. The van der Waals surface area contributed by atoms with E-state index in [1.807, 2.05) is 0 Å². The molecular formula is C17H14N2O10S2. The Morgan fingerprint density at radius 2 is 1.03 bits per heavy atom. The molecule has 0 amide bonds. The number of carbonyl (C=O) groups is 2. The SMILES string of the molecule is CC(=O)OOc1ccc(S(=O)(=O)C(=[N+]=[N-])S(=O)(=O)c2ccc(OOC(C)=O)cc2)cc1. The molecule has 31 heavy (non-hydrogen) atoms. The number of hydrogen-bond acceptors (Lipinski definition) is 10. The number of nitrogens with zero attached hydrogens (tertiary/aromatic N) is 2. The molecule has 0 spiro atoms. The number of hydrogen-bond donors (Lipinski definition) is 0. The van der Waals surface area contributed by atoms with Crippen molar-refractivity contribution in [3.8, 4) is 11.5 Å². The minimum atomic E-state index is -4.79. The van der Waals surface area contributed by atoms with Gasteiger partial charge in [-0.2, -0.15) is 0 Å². The highest BCUT2D eigenvalue weighted by atomic mass is 32.3. The maximum Gasteiger partial charge on any atom is 0.504 e. The second kappa shape index (κ2) is 9.38. The van der Waals surface area contributed by atoms with Gasteiger partial charge in [0.05, 0.1) is 9.79 Å². The first kappa shape index (κ1) is 23.5. The monoisotopic (exact) mass is 470 g/mol. The Bertz CT molecular complexity index is 1150. The maximum absolute atomic E-state index is 12.7. The third-order valence-electron chi connectivity index (χ3n) is 3.32. The van der Waals surface area contributed by atoms with Crippen molar-refractivity contribution in [1.29, 1.82) is 0 Å². The summed E-state index contributed by atoms with van der Waals surface area (Å²) in [7, 11) is -9.58.